The number of ether oxygens (including phenoxy) is 1. The third-order valence-corrected chi connectivity index (χ3v) is 3.35. The van der Waals surface area contributed by atoms with E-state index in [2.05, 4.69) is 15.2 Å². The van der Waals surface area contributed by atoms with Crippen LogP contribution in [0.3, 0.4) is 0 Å². The minimum Gasteiger partial charge on any atom is -0.457 e. The van der Waals surface area contributed by atoms with Gasteiger partial charge in [0.1, 0.15) is 11.6 Å². The number of benzene rings is 1. The molecule has 3 rings (SSSR count). The molecule has 0 aliphatic heterocycles. The second kappa shape index (κ2) is 4.86. The Bertz CT molecular complexity index is 545. The first kappa shape index (κ1) is 11.3. The number of nitrogens with two attached hydrogens (primary N) is 1. The first-order valence-electron chi connectivity index (χ1n) is 6.34. The Labute approximate surface area is 105 Å². The number of hydrogen-bond donors (Lipinski definition) is 1. The SMILES string of the molecule is NC1CCCCC1Oc1nnc2ccccc2n1. The second-order valence-electron chi connectivity index (χ2n) is 4.69. The molecule has 5 heteroatoms. The molecule has 0 radical (unpaired) electrons. The van der Waals surface area contributed by atoms with Crippen LogP contribution in [0.25, 0.3) is 11.0 Å². The molecular formula is C13H16N4O. The number of fused-ring (bicyclic) bond motifs is 1. The zero-order valence-electron chi connectivity index (χ0n) is 10.1. The van der Waals surface area contributed by atoms with E-state index in [0.29, 0.717) is 6.01 Å². The molecular weight excluding hydrogens is 228 g/mol. The van der Waals surface area contributed by atoms with E-state index in [4.69, 9.17) is 10.5 Å². The summed E-state index contributed by atoms with van der Waals surface area (Å²) >= 11 is 0. The highest BCUT2D eigenvalue weighted by atomic mass is 16.5. The van der Waals surface area contributed by atoms with Crippen LogP contribution in [0.15, 0.2) is 24.3 Å². The zero-order valence-corrected chi connectivity index (χ0v) is 10.1. The first-order chi connectivity index (χ1) is 8.83. The highest BCUT2D eigenvalue weighted by molar-refractivity contribution is 5.73. The number of hydrogen-bond acceptors (Lipinski definition) is 5. The van der Waals surface area contributed by atoms with Crippen LogP contribution in [0.5, 0.6) is 6.01 Å². The monoisotopic (exact) mass is 244 g/mol. The van der Waals surface area contributed by atoms with Crippen LogP contribution >= 0.6 is 0 Å². The van der Waals surface area contributed by atoms with Gasteiger partial charge in [0.25, 0.3) is 0 Å². The topological polar surface area (TPSA) is 73.9 Å². The highest BCUT2D eigenvalue weighted by Gasteiger charge is 2.24. The standard InChI is InChI=1S/C13H16N4O/c14-9-5-1-4-8-12(9)18-13-15-10-6-2-3-7-11(10)16-17-13/h2-3,6-7,9,12H,1,4-5,8,14H2. The van der Waals surface area contributed by atoms with Gasteiger partial charge in [-0.2, -0.15) is 4.98 Å². The molecule has 94 valence electrons. The summed E-state index contributed by atoms with van der Waals surface area (Å²) in [4.78, 5) is 4.35. The van der Waals surface area contributed by atoms with Crippen LogP contribution in [0, 0.1) is 0 Å². The van der Waals surface area contributed by atoms with Crippen molar-refractivity contribution in [3.63, 3.8) is 0 Å². The Hall–Kier alpha value is -1.75. The predicted molar refractivity (Wildman–Crippen MR) is 68.2 cm³/mol. The maximum absolute atomic E-state index is 6.04. The molecule has 2 unspecified atom stereocenters. The molecule has 0 amide bonds. The molecule has 1 aliphatic carbocycles. The maximum atomic E-state index is 6.04. The van der Waals surface area contributed by atoms with E-state index in [1.807, 2.05) is 24.3 Å². The molecule has 0 spiro atoms. The van der Waals surface area contributed by atoms with Gasteiger partial charge in [0.2, 0.25) is 0 Å². The van der Waals surface area contributed by atoms with Crippen molar-refractivity contribution in [2.45, 2.75) is 37.8 Å². The number of aromatic nitrogens is 3. The fraction of sp³-hybridized carbons (Fsp3) is 0.462. The molecule has 18 heavy (non-hydrogen) atoms. The molecule has 1 aromatic carbocycles. The normalized spacial score (nSPS) is 24.1. The lowest BCUT2D eigenvalue weighted by molar-refractivity contribution is 0.120. The van der Waals surface area contributed by atoms with Crippen LogP contribution in [0.1, 0.15) is 25.7 Å². The number of para-hydroxylation sites is 1. The van der Waals surface area contributed by atoms with Crippen LogP contribution < -0.4 is 10.5 Å². The molecule has 2 atom stereocenters. The molecule has 2 N–H and O–H groups in total. The molecule has 2 aromatic rings. The summed E-state index contributed by atoms with van der Waals surface area (Å²) in [5.74, 6) is 0. The summed E-state index contributed by atoms with van der Waals surface area (Å²) in [5.41, 5.74) is 7.61. The minimum atomic E-state index is 0.0155. The Morgan fingerprint density at radius 1 is 1.06 bits per heavy atom. The van der Waals surface area contributed by atoms with Gasteiger partial charge < -0.3 is 10.5 Å². The fourth-order valence-electron chi connectivity index (χ4n) is 2.32. The van der Waals surface area contributed by atoms with E-state index < -0.39 is 0 Å². The Balaban J connectivity index is 1.81. The van der Waals surface area contributed by atoms with Gasteiger partial charge >= 0.3 is 6.01 Å². The van der Waals surface area contributed by atoms with E-state index in [9.17, 15) is 0 Å². The quantitative estimate of drug-likeness (QED) is 0.869. The second-order valence-corrected chi connectivity index (χ2v) is 4.69. The number of nitrogens with zero attached hydrogens (tertiary/aromatic N) is 3. The van der Waals surface area contributed by atoms with Crippen molar-refractivity contribution in [2.24, 2.45) is 5.73 Å². The zero-order chi connectivity index (χ0) is 12.4. The minimum absolute atomic E-state index is 0.0155. The first-order valence-corrected chi connectivity index (χ1v) is 6.34. The Morgan fingerprint density at radius 3 is 2.67 bits per heavy atom. The highest BCUT2D eigenvalue weighted by Crippen LogP contribution is 2.21. The summed E-state index contributed by atoms with van der Waals surface area (Å²) in [5, 5.41) is 8.09. The predicted octanol–water partition coefficient (Wildman–Crippen LogP) is 1.67. The van der Waals surface area contributed by atoms with Crippen molar-refractivity contribution in [1.82, 2.24) is 15.2 Å². The van der Waals surface area contributed by atoms with E-state index >= 15 is 0 Å². The fourth-order valence-corrected chi connectivity index (χ4v) is 2.32. The largest absolute Gasteiger partial charge is 0.457 e. The molecule has 0 bridgehead atoms. The summed E-state index contributed by atoms with van der Waals surface area (Å²) < 4.78 is 5.77. The maximum Gasteiger partial charge on any atom is 0.336 e. The molecule has 0 saturated heterocycles. The summed E-state index contributed by atoms with van der Waals surface area (Å²) in [6, 6.07) is 8.02. The van der Waals surface area contributed by atoms with E-state index in [0.717, 1.165) is 30.3 Å². The van der Waals surface area contributed by atoms with Gasteiger partial charge in [-0.25, -0.2) is 0 Å². The van der Waals surface area contributed by atoms with Crippen molar-refractivity contribution in [2.75, 3.05) is 0 Å². The van der Waals surface area contributed by atoms with Crippen LogP contribution in [0.4, 0.5) is 0 Å². The number of rotatable bonds is 2. The van der Waals surface area contributed by atoms with E-state index in [1.165, 1.54) is 6.42 Å². The molecule has 1 aliphatic rings. The van der Waals surface area contributed by atoms with Crippen molar-refractivity contribution in [3.05, 3.63) is 24.3 Å². The van der Waals surface area contributed by atoms with Crippen LogP contribution in [-0.2, 0) is 0 Å². The molecule has 1 heterocycles. The molecule has 1 saturated carbocycles. The van der Waals surface area contributed by atoms with Crippen molar-refractivity contribution in [1.29, 1.82) is 0 Å². The van der Waals surface area contributed by atoms with Gasteiger partial charge in [-0.05, 0) is 31.4 Å². The summed E-state index contributed by atoms with van der Waals surface area (Å²) in [7, 11) is 0. The van der Waals surface area contributed by atoms with Gasteiger partial charge in [0, 0.05) is 6.04 Å². The van der Waals surface area contributed by atoms with Gasteiger partial charge in [-0.15, -0.1) is 5.10 Å². The van der Waals surface area contributed by atoms with Crippen LogP contribution in [-0.4, -0.2) is 27.3 Å². The van der Waals surface area contributed by atoms with Crippen molar-refractivity contribution < 1.29 is 4.74 Å². The van der Waals surface area contributed by atoms with Gasteiger partial charge in [0.15, 0.2) is 0 Å². The van der Waals surface area contributed by atoms with Gasteiger partial charge in [-0.3, -0.25) is 0 Å². The van der Waals surface area contributed by atoms with Gasteiger partial charge in [-0.1, -0.05) is 23.7 Å². The Kier molecular flexibility index (Phi) is 3.06. The summed E-state index contributed by atoms with van der Waals surface area (Å²) in [6.07, 6.45) is 4.32. The lowest BCUT2D eigenvalue weighted by Gasteiger charge is -2.27. The third-order valence-electron chi connectivity index (χ3n) is 3.35. The van der Waals surface area contributed by atoms with E-state index in [1.54, 1.807) is 0 Å². The molecule has 1 aromatic heterocycles. The Morgan fingerprint density at radius 2 is 1.83 bits per heavy atom. The third kappa shape index (κ3) is 2.26. The van der Waals surface area contributed by atoms with Crippen molar-refractivity contribution in [3.8, 4) is 6.01 Å². The molecule has 5 nitrogen and oxygen atoms in total. The van der Waals surface area contributed by atoms with Crippen molar-refractivity contribution >= 4 is 11.0 Å². The average molecular weight is 244 g/mol. The van der Waals surface area contributed by atoms with Crippen LogP contribution in [0.2, 0.25) is 0 Å². The lowest BCUT2D eigenvalue weighted by Crippen LogP contribution is -2.41. The lowest BCUT2D eigenvalue weighted by atomic mass is 9.93. The van der Waals surface area contributed by atoms with Gasteiger partial charge in [0.05, 0.1) is 5.52 Å². The van der Waals surface area contributed by atoms with E-state index in [-0.39, 0.29) is 12.1 Å². The smallest absolute Gasteiger partial charge is 0.336 e. The average Bonchev–Trinajstić information content (AvgIpc) is 2.41. The molecule has 1 fully saturated rings. The summed E-state index contributed by atoms with van der Waals surface area (Å²) in [6.45, 7) is 0.